The van der Waals surface area contributed by atoms with Crippen molar-refractivity contribution in [3.63, 3.8) is 0 Å². The molecule has 0 spiro atoms. The van der Waals surface area contributed by atoms with Gasteiger partial charge in [-0.05, 0) is 48.0 Å². The SMILES string of the molecule is COc1ccc(C=C2C(=O)OC(C)(C)OC2=O)cc1COc1ccc(Cl)cc1. The average molecular weight is 403 g/mol. The van der Waals surface area contributed by atoms with E-state index >= 15 is 0 Å². The lowest BCUT2D eigenvalue weighted by Gasteiger charge is -2.29. The molecule has 0 radical (unpaired) electrons. The van der Waals surface area contributed by atoms with Crippen LogP contribution in [0.15, 0.2) is 48.0 Å². The number of halogens is 1. The highest BCUT2D eigenvalue weighted by molar-refractivity contribution is 6.30. The van der Waals surface area contributed by atoms with E-state index in [1.807, 2.05) is 0 Å². The van der Waals surface area contributed by atoms with Gasteiger partial charge in [0, 0.05) is 24.4 Å². The number of esters is 2. The third kappa shape index (κ3) is 4.64. The third-order valence-corrected chi connectivity index (χ3v) is 4.19. The topological polar surface area (TPSA) is 71.1 Å². The van der Waals surface area contributed by atoms with Gasteiger partial charge in [-0.3, -0.25) is 0 Å². The van der Waals surface area contributed by atoms with Crippen molar-refractivity contribution in [3.8, 4) is 11.5 Å². The predicted octanol–water partition coefficient (Wildman–Crippen LogP) is 4.15. The van der Waals surface area contributed by atoms with Crippen molar-refractivity contribution in [3.05, 3.63) is 64.2 Å². The molecule has 2 aromatic carbocycles. The van der Waals surface area contributed by atoms with E-state index in [0.29, 0.717) is 22.1 Å². The predicted molar refractivity (Wildman–Crippen MR) is 103 cm³/mol. The van der Waals surface area contributed by atoms with Crippen LogP contribution in [0.2, 0.25) is 5.02 Å². The van der Waals surface area contributed by atoms with Gasteiger partial charge in [0.15, 0.2) is 0 Å². The summed E-state index contributed by atoms with van der Waals surface area (Å²) in [6.45, 7) is 3.22. The largest absolute Gasteiger partial charge is 0.496 e. The lowest BCUT2D eigenvalue weighted by Crippen LogP contribution is -2.41. The molecule has 1 aliphatic heterocycles. The quantitative estimate of drug-likeness (QED) is 0.425. The summed E-state index contributed by atoms with van der Waals surface area (Å²) in [4.78, 5) is 24.2. The average Bonchev–Trinajstić information content (AvgIpc) is 2.63. The lowest BCUT2D eigenvalue weighted by atomic mass is 10.1. The fraction of sp³-hybridized carbons (Fsp3) is 0.238. The van der Waals surface area contributed by atoms with Gasteiger partial charge in [0.25, 0.3) is 5.79 Å². The molecule has 1 saturated heterocycles. The Morgan fingerprint density at radius 2 is 1.68 bits per heavy atom. The van der Waals surface area contributed by atoms with E-state index < -0.39 is 17.7 Å². The highest BCUT2D eigenvalue weighted by atomic mass is 35.5. The molecule has 0 aromatic heterocycles. The normalized spacial score (nSPS) is 15.5. The molecule has 3 rings (SSSR count). The molecule has 2 aromatic rings. The van der Waals surface area contributed by atoms with E-state index in [2.05, 4.69) is 0 Å². The van der Waals surface area contributed by atoms with E-state index in [4.69, 9.17) is 30.5 Å². The van der Waals surface area contributed by atoms with Gasteiger partial charge in [0.1, 0.15) is 23.7 Å². The monoisotopic (exact) mass is 402 g/mol. The third-order valence-electron chi connectivity index (χ3n) is 3.94. The van der Waals surface area contributed by atoms with Crippen LogP contribution >= 0.6 is 11.6 Å². The number of hydrogen-bond donors (Lipinski definition) is 0. The van der Waals surface area contributed by atoms with Crippen LogP contribution in [0, 0.1) is 0 Å². The van der Waals surface area contributed by atoms with Crippen molar-refractivity contribution in [2.45, 2.75) is 26.2 Å². The summed E-state index contributed by atoms with van der Waals surface area (Å²) in [6, 6.07) is 12.2. The highest BCUT2D eigenvalue weighted by Gasteiger charge is 2.38. The Bertz CT molecular complexity index is 908. The Balaban J connectivity index is 1.83. The van der Waals surface area contributed by atoms with Gasteiger partial charge in [0.2, 0.25) is 0 Å². The molecule has 1 heterocycles. The fourth-order valence-electron chi connectivity index (χ4n) is 2.64. The molecule has 0 atom stereocenters. The molecule has 28 heavy (non-hydrogen) atoms. The number of hydrogen-bond acceptors (Lipinski definition) is 6. The van der Waals surface area contributed by atoms with Crippen LogP contribution in [-0.2, 0) is 25.7 Å². The van der Waals surface area contributed by atoms with Gasteiger partial charge in [-0.2, -0.15) is 0 Å². The number of carbonyl (C=O) groups is 2. The second-order valence-electron chi connectivity index (χ2n) is 6.55. The molecule has 0 bridgehead atoms. The van der Waals surface area contributed by atoms with Crippen LogP contribution < -0.4 is 9.47 Å². The summed E-state index contributed by atoms with van der Waals surface area (Å²) in [5, 5.41) is 0.619. The summed E-state index contributed by atoms with van der Waals surface area (Å²) in [7, 11) is 1.55. The molecule has 0 N–H and O–H groups in total. The van der Waals surface area contributed by atoms with Crippen LogP contribution in [0.3, 0.4) is 0 Å². The van der Waals surface area contributed by atoms with Crippen LogP contribution in [-0.4, -0.2) is 24.8 Å². The van der Waals surface area contributed by atoms with Crippen molar-refractivity contribution in [1.82, 2.24) is 0 Å². The summed E-state index contributed by atoms with van der Waals surface area (Å²) in [6.07, 6.45) is 1.42. The molecule has 1 fully saturated rings. The van der Waals surface area contributed by atoms with Crippen molar-refractivity contribution in [2.75, 3.05) is 7.11 Å². The second-order valence-corrected chi connectivity index (χ2v) is 6.99. The second kappa shape index (κ2) is 7.94. The van der Waals surface area contributed by atoms with Crippen LogP contribution in [0.5, 0.6) is 11.5 Å². The first kappa shape index (κ1) is 19.8. The Morgan fingerprint density at radius 3 is 2.29 bits per heavy atom. The van der Waals surface area contributed by atoms with Crippen LogP contribution in [0.25, 0.3) is 6.08 Å². The summed E-state index contributed by atoms with van der Waals surface area (Å²) in [5.41, 5.74) is 1.18. The number of methoxy groups -OCH3 is 1. The van der Waals surface area contributed by atoms with E-state index in [-0.39, 0.29) is 12.2 Å². The highest BCUT2D eigenvalue weighted by Crippen LogP contribution is 2.27. The maximum absolute atomic E-state index is 12.1. The Kier molecular flexibility index (Phi) is 5.61. The number of rotatable bonds is 5. The summed E-state index contributed by atoms with van der Waals surface area (Å²) < 4.78 is 21.3. The van der Waals surface area contributed by atoms with Crippen molar-refractivity contribution < 1.29 is 28.5 Å². The van der Waals surface area contributed by atoms with Crippen molar-refractivity contribution in [1.29, 1.82) is 0 Å². The molecule has 7 heteroatoms. The number of benzene rings is 2. The molecule has 0 saturated carbocycles. The zero-order valence-corrected chi connectivity index (χ0v) is 16.4. The Labute approximate surface area is 167 Å². The molecule has 1 aliphatic rings. The van der Waals surface area contributed by atoms with E-state index in [0.717, 1.165) is 5.56 Å². The Hall–Kier alpha value is -2.99. The van der Waals surface area contributed by atoms with Gasteiger partial charge in [-0.25, -0.2) is 9.59 Å². The number of cyclic esters (lactones) is 2. The minimum absolute atomic E-state index is 0.172. The van der Waals surface area contributed by atoms with E-state index in [1.165, 1.54) is 19.9 Å². The molecule has 6 nitrogen and oxygen atoms in total. The zero-order valence-electron chi connectivity index (χ0n) is 15.7. The first-order valence-corrected chi connectivity index (χ1v) is 8.89. The minimum Gasteiger partial charge on any atom is -0.496 e. The zero-order chi connectivity index (χ0) is 20.3. The van der Waals surface area contributed by atoms with Crippen molar-refractivity contribution in [2.24, 2.45) is 0 Å². The summed E-state index contributed by atoms with van der Waals surface area (Å²) in [5.74, 6) is -1.46. The lowest BCUT2D eigenvalue weighted by molar-refractivity contribution is -0.222. The molecule has 0 aliphatic carbocycles. The molecule has 146 valence electrons. The van der Waals surface area contributed by atoms with Gasteiger partial charge in [-0.15, -0.1) is 0 Å². The van der Waals surface area contributed by atoms with Crippen LogP contribution in [0.4, 0.5) is 0 Å². The smallest absolute Gasteiger partial charge is 0.348 e. The maximum Gasteiger partial charge on any atom is 0.348 e. The first-order chi connectivity index (χ1) is 13.3. The first-order valence-electron chi connectivity index (χ1n) is 8.51. The summed E-state index contributed by atoms with van der Waals surface area (Å²) >= 11 is 5.87. The molecule has 0 unspecified atom stereocenters. The standard InChI is InChI=1S/C21H19ClO6/c1-21(2)27-19(23)17(20(24)28-21)11-13-4-9-18(25-3)14(10-13)12-26-16-7-5-15(22)6-8-16/h4-11H,12H2,1-3H3. The fourth-order valence-corrected chi connectivity index (χ4v) is 2.76. The minimum atomic E-state index is -1.27. The van der Waals surface area contributed by atoms with E-state index in [1.54, 1.807) is 49.6 Å². The molecule has 0 amide bonds. The van der Waals surface area contributed by atoms with Gasteiger partial charge in [0.05, 0.1) is 7.11 Å². The van der Waals surface area contributed by atoms with Crippen molar-refractivity contribution >= 4 is 29.6 Å². The Morgan fingerprint density at radius 1 is 1.04 bits per heavy atom. The maximum atomic E-state index is 12.1. The van der Waals surface area contributed by atoms with Gasteiger partial charge >= 0.3 is 11.9 Å². The molecular weight excluding hydrogens is 384 g/mol. The van der Waals surface area contributed by atoms with E-state index in [9.17, 15) is 9.59 Å². The molecular formula is C21H19ClO6. The number of ether oxygens (including phenoxy) is 4. The van der Waals surface area contributed by atoms with Crippen LogP contribution in [0.1, 0.15) is 25.0 Å². The van der Waals surface area contributed by atoms with Gasteiger partial charge in [-0.1, -0.05) is 17.7 Å². The van der Waals surface area contributed by atoms with Gasteiger partial charge < -0.3 is 18.9 Å². The number of carbonyl (C=O) groups excluding carboxylic acids is 2.